The Morgan fingerprint density at radius 3 is 2.57 bits per heavy atom. The molecule has 0 spiro atoms. The maximum absolute atomic E-state index is 13.0. The van der Waals surface area contributed by atoms with Crippen LogP contribution in [0.2, 0.25) is 5.02 Å². The molecular weight excluding hydrogens is 494 g/mol. The molecule has 1 N–H and O–H groups in total. The molecule has 0 bridgehead atoms. The zero-order valence-corrected chi connectivity index (χ0v) is 21.3. The van der Waals surface area contributed by atoms with E-state index in [-0.39, 0.29) is 30.4 Å². The number of amides is 3. The summed E-state index contributed by atoms with van der Waals surface area (Å²) in [5, 5.41) is 2.98. The lowest BCUT2D eigenvalue weighted by molar-refractivity contribution is -0.136. The molecule has 2 aromatic carbocycles. The number of imide groups is 1. The van der Waals surface area contributed by atoms with Crippen molar-refractivity contribution in [3.8, 4) is 11.5 Å². The molecule has 3 fully saturated rings. The zero-order valence-electron chi connectivity index (χ0n) is 20.5. The lowest BCUT2D eigenvalue weighted by Crippen LogP contribution is -2.62. The van der Waals surface area contributed by atoms with Gasteiger partial charge in [-0.05, 0) is 61.6 Å². The molecule has 9 heteroatoms. The van der Waals surface area contributed by atoms with Gasteiger partial charge in [-0.15, -0.1) is 0 Å². The van der Waals surface area contributed by atoms with Gasteiger partial charge in [-0.25, -0.2) is 0 Å². The fourth-order valence-corrected chi connectivity index (χ4v) is 6.15. The van der Waals surface area contributed by atoms with Gasteiger partial charge in [0.2, 0.25) is 11.8 Å². The van der Waals surface area contributed by atoms with Crippen LogP contribution >= 0.6 is 11.6 Å². The number of rotatable bonds is 6. The molecule has 8 nitrogen and oxygen atoms in total. The van der Waals surface area contributed by atoms with Crippen molar-refractivity contribution in [2.24, 2.45) is 0 Å². The van der Waals surface area contributed by atoms with Gasteiger partial charge < -0.3 is 14.4 Å². The van der Waals surface area contributed by atoms with Gasteiger partial charge >= 0.3 is 0 Å². The van der Waals surface area contributed by atoms with E-state index in [9.17, 15) is 14.4 Å². The molecule has 1 aliphatic carbocycles. The molecule has 194 valence electrons. The number of para-hydroxylation sites is 1. The highest BCUT2D eigenvalue weighted by Gasteiger charge is 2.41. The van der Waals surface area contributed by atoms with Crippen LogP contribution in [0.4, 0.5) is 0 Å². The Morgan fingerprint density at radius 1 is 0.946 bits per heavy atom. The molecule has 0 radical (unpaired) electrons. The minimum absolute atomic E-state index is 0.0661. The standard InChI is InChI=1S/C28H30ClN3O5/c29-21-5-1-3-7-24(21)37-19-15-31(16-19)22-6-2-4-8-25(22)36-18-9-10-20-17(13-18)14-32(28(20)35)23-11-12-26(33)30-27(23)34/h1,3,5,7,9-10,13,19,22-23,25H,2,4,6,8,11-12,14-16H2,(H,30,33,34)/t22-,23?,25+/m0/s1. The van der Waals surface area contributed by atoms with Crippen LogP contribution in [0.15, 0.2) is 42.5 Å². The lowest BCUT2D eigenvalue weighted by Gasteiger charge is -2.47. The summed E-state index contributed by atoms with van der Waals surface area (Å²) in [4.78, 5) is 40.8. The van der Waals surface area contributed by atoms with Crippen molar-refractivity contribution in [2.75, 3.05) is 13.1 Å². The molecule has 1 unspecified atom stereocenters. The van der Waals surface area contributed by atoms with Crippen LogP contribution in [0.5, 0.6) is 11.5 Å². The van der Waals surface area contributed by atoms with E-state index in [1.165, 1.54) is 6.42 Å². The van der Waals surface area contributed by atoms with Gasteiger partial charge in [0.1, 0.15) is 29.7 Å². The number of carbonyl (C=O) groups is 3. The van der Waals surface area contributed by atoms with Gasteiger partial charge in [0, 0.05) is 37.7 Å². The summed E-state index contributed by atoms with van der Waals surface area (Å²) in [6.07, 6.45) is 5.15. The van der Waals surface area contributed by atoms with Crippen LogP contribution < -0.4 is 14.8 Å². The second-order valence-electron chi connectivity index (χ2n) is 10.4. The van der Waals surface area contributed by atoms with Crippen molar-refractivity contribution in [1.82, 2.24) is 15.1 Å². The van der Waals surface area contributed by atoms with Gasteiger partial charge in [-0.2, -0.15) is 0 Å². The summed E-state index contributed by atoms with van der Waals surface area (Å²) >= 11 is 6.25. The van der Waals surface area contributed by atoms with Crippen molar-refractivity contribution in [3.05, 3.63) is 58.6 Å². The number of nitrogens with zero attached hydrogens (tertiary/aromatic N) is 2. The van der Waals surface area contributed by atoms with Gasteiger partial charge in [0.05, 0.1) is 5.02 Å². The summed E-state index contributed by atoms with van der Waals surface area (Å²) in [7, 11) is 0. The third-order valence-electron chi connectivity index (χ3n) is 7.93. The Labute approximate surface area is 220 Å². The topological polar surface area (TPSA) is 88.2 Å². The highest BCUT2D eigenvalue weighted by atomic mass is 35.5. The molecular formula is C28H30ClN3O5. The second-order valence-corrected chi connectivity index (χ2v) is 10.8. The number of benzene rings is 2. The van der Waals surface area contributed by atoms with E-state index in [2.05, 4.69) is 10.2 Å². The van der Waals surface area contributed by atoms with Crippen LogP contribution in [0.3, 0.4) is 0 Å². The molecule has 1 saturated carbocycles. The van der Waals surface area contributed by atoms with E-state index < -0.39 is 11.9 Å². The molecule has 2 saturated heterocycles. The van der Waals surface area contributed by atoms with Gasteiger partial charge in [-0.3, -0.25) is 24.6 Å². The first kappa shape index (κ1) is 24.2. The first-order valence-electron chi connectivity index (χ1n) is 13.1. The normalized spacial score (nSPS) is 26.5. The highest BCUT2D eigenvalue weighted by molar-refractivity contribution is 6.32. The van der Waals surface area contributed by atoms with Crippen molar-refractivity contribution in [1.29, 1.82) is 0 Å². The summed E-state index contributed by atoms with van der Waals surface area (Å²) in [6, 6.07) is 12.9. The van der Waals surface area contributed by atoms with E-state index in [0.29, 0.717) is 29.6 Å². The average molecular weight is 524 g/mol. The third kappa shape index (κ3) is 4.80. The Bertz CT molecular complexity index is 1230. The molecule has 37 heavy (non-hydrogen) atoms. The Balaban J connectivity index is 1.09. The maximum Gasteiger partial charge on any atom is 0.255 e. The van der Waals surface area contributed by atoms with Gasteiger partial charge in [-0.1, -0.05) is 30.2 Å². The first-order valence-corrected chi connectivity index (χ1v) is 13.4. The Hall–Kier alpha value is -3.10. The summed E-state index contributed by atoms with van der Waals surface area (Å²) in [5.41, 5.74) is 1.45. The zero-order chi connectivity index (χ0) is 25.5. The van der Waals surface area contributed by atoms with Crippen molar-refractivity contribution in [2.45, 2.75) is 69.4 Å². The summed E-state index contributed by atoms with van der Waals surface area (Å²) in [5.74, 6) is 0.622. The summed E-state index contributed by atoms with van der Waals surface area (Å²) < 4.78 is 12.6. The van der Waals surface area contributed by atoms with Crippen LogP contribution in [0.25, 0.3) is 0 Å². The van der Waals surface area contributed by atoms with Gasteiger partial charge in [0.15, 0.2) is 0 Å². The number of hydrogen-bond acceptors (Lipinski definition) is 6. The van der Waals surface area contributed by atoms with Crippen LogP contribution in [0, 0.1) is 0 Å². The number of fused-ring (bicyclic) bond motifs is 1. The fraction of sp³-hybridized carbons (Fsp3) is 0.464. The largest absolute Gasteiger partial charge is 0.489 e. The molecule has 3 aliphatic heterocycles. The highest BCUT2D eigenvalue weighted by Crippen LogP contribution is 2.35. The molecule has 3 amide bonds. The Kier molecular flexibility index (Phi) is 6.55. The Morgan fingerprint density at radius 2 is 1.76 bits per heavy atom. The minimum atomic E-state index is -0.614. The average Bonchev–Trinajstić information content (AvgIpc) is 3.18. The number of piperidine rings is 1. The lowest BCUT2D eigenvalue weighted by atomic mass is 9.89. The fourth-order valence-electron chi connectivity index (χ4n) is 5.97. The predicted octanol–water partition coefficient (Wildman–Crippen LogP) is 3.55. The monoisotopic (exact) mass is 523 g/mol. The number of hydrogen-bond donors (Lipinski definition) is 1. The quantitative estimate of drug-likeness (QED) is 0.583. The van der Waals surface area contributed by atoms with E-state index in [1.807, 2.05) is 36.4 Å². The number of likely N-dealkylation sites (tertiary alicyclic amines) is 1. The molecule has 3 heterocycles. The van der Waals surface area contributed by atoms with Crippen LogP contribution in [-0.4, -0.2) is 64.9 Å². The minimum Gasteiger partial charge on any atom is -0.489 e. The van der Waals surface area contributed by atoms with E-state index in [0.717, 1.165) is 49.4 Å². The number of halogens is 1. The first-order chi connectivity index (χ1) is 18.0. The van der Waals surface area contributed by atoms with Crippen LogP contribution in [0.1, 0.15) is 54.4 Å². The third-order valence-corrected chi connectivity index (χ3v) is 8.24. The van der Waals surface area contributed by atoms with Crippen LogP contribution in [-0.2, 0) is 16.1 Å². The molecule has 4 aliphatic rings. The van der Waals surface area contributed by atoms with Crippen molar-refractivity contribution < 1.29 is 23.9 Å². The molecule has 6 rings (SSSR count). The molecule has 3 atom stereocenters. The second kappa shape index (κ2) is 9.99. The SMILES string of the molecule is O=C1CCC(N2Cc3cc(O[C@@H]4CCCC[C@@H]4N4CC(Oc5ccccc5Cl)C4)ccc3C2=O)C(=O)N1. The number of nitrogens with one attached hydrogen (secondary N) is 1. The van der Waals surface area contributed by atoms with E-state index in [4.69, 9.17) is 21.1 Å². The van der Waals surface area contributed by atoms with E-state index in [1.54, 1.807) is 11.0 Å². The number of carbonyl (C=O) groups excluding carboxylic acids is 3. The summed E-state index contributed by atoms with van der Waals surface area (Å²) in [6.45, 7) is 2.03. The van der Waals surface area contributed by atoms with Gasteiger partial charge in [0.25, 0.3) is 5.91 Å². The van der Waals surface area contributed by atoms with E-state index >= 15 is 0 Å². The predicted molar refractivity (Wildman–Crippen MR) is 137 cm³/mol. The number of ether oxygens (including phenoxy) is 2. The van der Waals surface area contributed by atoms with Crippen molar-refractivity contribution in [3.63, 3.8) is 0 Å². The smallest absolute Gasteiger partial charge is 0.255 e. The maximum atomic E-state index is 13.0. The van der Waals surface area contributed by atoms with Crippen molar-refractivity contribution >= 4 is 29.3 Å². The molecule has 2 aromatic rings. The molecule has 0 aromatic heterocycles.